The van der Waals surface area contributed by atoms with E-state index in [0.29, 0.717) is 19.0 Å². The van der Waals surface area contributed by atoms with Crippen LogP contribution in [0.3, 0.4) is 0 Å². The molecule has 0 radical (unpaired) electrons. The van der Waals surface area contributed by atoms with Crippen LogP contribution in [0.1, 0.15) is 29.9 Å². The quantitative estimate of drug-likeness (QED) is 0.913. The van der Waals surface area contributed by atoms with Crippen LogP contribution >= 0.6 is 11.3 Å². The van der Waals surface area contributed by atoms with E-state index in [1.165, 1.54) is 0 Å². The van der Waals surface area contributed by atoms with Crippen molar-refractivity contribution in [1.82, 2.24) is 15.5 Å². The van der Waals surface area contributed by atoms with Gasteiger partial charge in [-0.2, -0.15) is 0 Å². The summed E-state index contributed by atoms with van der Waals surface area (Å²) in [6.07, 6.45) is 4.38. The van der Waals surface area contributed by atoms with Crippen LogP contribution in [0.4, 0.5) is 5.13 Å². The highest BCUT2D eigenvalue weighted by atomic mass is 32.1. The lowest BCUT2D eigenvalue weighted by molar-refractivity contribution is -0.120. The molecule has 0 aromatic carbocycles. The van der Waals surface area contributed by atoms with Gasteiger partial charge in [-0.3, -0.25) is 4.79 Å². The molecule has 6 nitrogen and oxygen atoms in total. The van der Waals surface area contributed by atoms with E-state index in [9.17, 15) is 4.79 Å². The van der Waals surface area contributed by atoms with Gasteiger partial charge < -0.3 is 14.7 Å². The molecular formula is C15H20N4O2S. The van der Waals surface area contributed by atoms with Crippen LogP contribution in [0.5, 0.6) is 0 Å². The van der Waals surface area contributed by atoms with Crippen LogP contribution < -0.4 is 10.2 Å². The lowest BCUT2D eigenvalue weighted by Crippen LogP contribution is -2.40. The molecule has 1 N–H and O–H groups in total. The van der Waals surface area contributed by atoms with E-state index in [2.05, 4.69) is 20.4 Å². The first-order valence-electron chi connectivity index (χ1n) is 7.49. The van der Waals surface area contributed by atoms with Crippen molar-refractivity contribution in [2.75, 3.05) is 18.0 Å². The third-order valence-corrected chi connectivity index (χ3v) is 4.90. The highest BCUT2D eigenvalue weighted by Gasteiger charge is 2.26. The smallest absolute Gasteiger partial charge is 0.224 e. The Morgan fingerprint density at radius 3 is 3.09 bits per heavy atom. The predicted molar refractivity (Wildman–Crippen MR) is 85.2 cm³/mol. The topological polar surface area (TPSA) is 71.3 Å². The number of aromatic nitrogens is 2. The number of nitrogens with one attached hydrogen (secondary N) is 1. The average Bonchev–Trinajstić information content (AvgIpc) is 3.21. The predicted octanol–water partition coefficient (Wildman–Crippen LogP) is 2.08. The van der Waals surface area contributed by atoms with Gasteiger partial charge in [-0.25, -0.2) is 4.98 Å². The molecule has 2 aromatic heterocycles. The molecule has 0 bridgehead atoms. The van der Waals surface area contributed by atoms with Crippen LogP contribution in [0.25, 0.3) is 0 Å². The molecule has 3 heterocycles. The number of aryl methyl sites for hydroxylation is 2. The summed E-state index contributed by atoms with van der Waals surface area (Å²) in [5.74, 6) is 0.735. The summed E-state index contributed by atoms with van der Waals surface area (Å²) in [6.45, 7) is 5.36. The molecular weight excluding hydrogens is 300 g/mol. The Labute approximate surface area is 133 Å². The van der Waals surface area contributed by atoms with Crippen LogP contribution in [0.2, 0.25) is 0 Å². The average molecular weight is 320 g/mol. The Hall–Kier alpha value is -1.89. The van der Waals surface area contributed by atoms with Crippen molar-refractivity contribution in [2.45, 2.75) is 39.2 Å². The van der Waals surface area contributed by atoms with Gasteiger partial charge in [0.05, 0.1) is 12.1 Å². The van der Waals surface area contributed by atoms with Gasteiger partial charge in [0.25, 0.3) is 0 Å². The SMILES string of the molecule is Cc1noc(C)c1CC(=O)NC[C@@H]1CCCN1c1nccs1. The van der Waals surface area contributed by atoms with Gasteiger partial charge in [-0.15, -0.1) is 11.3 Å². The van der Waals surface area contributed by atoms with E-state index >= 15 is 0 Å². The number of nitrogens with zero attached hydrogens (tertiary/aromatic N) is 3. The summed E-state index contributed by atoms with van der Waals surface area (Å²) >= 11 is 1.65. The lowest BCUT2D eigenvalue weighted by atomic mass is 10.1. The Kier molecular flexibility index (Phi) is 4.42. The molecule has 2 aromatic rings. The molecule has 1 aliphatic heterocycles. The first kappa shape index (κ1) is 15.0. The minimum absolute atomic E-state index is 0.0142. The van der Waals surface area contributed by atoms with Gasteiger partial charge in [0.2, 0.25) is 5.91 Å². The maximum Gasteiger partial charge on any atom is 0.224 e. The Morgan fingerprint density at radius 1 is 1.55 bits per heavy atom. The van der Waals surface area contributed by atoms with Gasteiger partial charge in [0.15, 0.2) is 5.13 Å². The maximum absolute atomic E-state index is 12.2. The molecule has 1 aliphatic rings. The second kappa shape index (κ2) is 6.48. The zero-order valence-electron chi connectivity index (χ0n) is 12.8. The van der Waals surface area contributed by atoms with Crippen molar-refractivity contribution in [2.24, 2.45) is 0 Å². The minimum atomic E-state index is 0.0142. The molecule has 1 fully saturated rings. The Bertz CT molecular complexity index is 619. The van der Waals surface area contributed by atoms with Gasteiger partial charge in [-0.1, -0.05) is 5.16 Å². The van der Waals surface area contributed by atoms with E-state index in [1.54, 1.807) is 11.3 Å². The fourth-order valence-electron chi connectivity index (χ4n) is 2.87. The summed E-state index contributed by atoms with van der Waals surface area (Å²) in [6, 6.07) is 0.333. The van der Waals surface area contributed by atoms with Crippen molar-refractivity contribution < 1.29 is 9.32 Å². The summed E-state index contributed by atoms with van der Waals surface area (Å²) in [7, 11) is 0. The summed E-state index contributed by atoms with van der Waals surface area (Å²) in [5, 5.41) is 9.95. The fraction of sp³-hybridized carbons (Fsp3) is 0.533. The molecule has 0 aliphatic carbocycles. The largest absolute Gasteiger partial charge is 0.361 e. The number of carbonyl (C=O) groups excluding carboxylic acids is 1. The molecule has 1 atom stereocenters. The zero-order chi connectivity index (χ0) is 15.5. The lowest BCUT2D eigenvalue weighted by Gasteiger charge is -2.24. The normalized spacial score (nSPS) is 17.9. The molecule has 0 saturated carbocycles. The monoisotopic (exact) mass is 320 g/mol. The summed E-state index contributed by atoms with van der Waals surface area (Å²) in [5.41, 5.74) is 1.68. The molecule has 118 valence electrons. The van der Waals surface area contributed by atoms with Crippen molar-refractivity contribution in [3.05, 3.63) is 28.6 Å². The first-order chi connectivity index (χ1) is 10.6. The van der Waals surface area contributed by atoms with E-state index in [-0.39, 0.29) is 5.91 Å². The van der Waals surface area contributed by atoms with Crippen molar-refractivity contribution in [1.29, 1.82) is 0 Å². The minimum Gasteiger partial charge on any atom is -0.361 e. The number of hydrogen-bond donors (Lipinski definition) is 1. The fourth-order valence-corrected chi connectivity index (χ4v) is 3.61. The van der Waals surface area contributed by atoms with Crippen molar-refractivity contribution in [3.8, 4) is 0 Å². The number of rotatable bonds is 5. The molecule has 22 heavy (non-hydrogen) atoms. The second-order valence-corrected chi connectivity index (χ2v) is 6.46. The van der Waals surface area contributed by atoms with E-state index in [4.69, 9.17) is 4.52 Å². The van der Waals surface area contributed by atoms with Gasteiger partial charge >= 0.3 is 0 Å². The van der Waals surface area contributed by atoms with E-state index in [1.807, 2.05) is 25.4 Å². The molecule has 7 heteroatoms. The Balaban J connectivity index is 1.55. The molecule has 3 rings (SSSR count). The van der Waals surface area contributed by atoms with E-state index < -0.39 is 0 Å². The summed E-state index contributed by atoms with van der Waals surface area (Å²) < 4.78 is 5.09. The Morgan fingerprint density at radius 2 is 2.41 bits per heavy atom. The van der Waals surface area contributed by atoms with Gasteiger partial charge in [0.1, 0.15) is 5.76 Å². The van der Waals surface area contributed by atoms with Crippen molar-refractivity contribution in [3.63, 3.8) is 0 Å². The molecule has 1 saturated heterocycles. The number of thiazole rings is 1. The zero-order valence-corrected chi connectivity index (χ0v) is 13.7. The van der Waals surface area contributed by atoms with Crippen molar-refractivity contribution >= 4 is 22.4 Å². The van der Waals surface area contributed by atoms with Crippen LogP contribution in [-0.2, 0) is 11.2 Å². The highest BCUT2D eigenvalue weighted by Crippen LogP contribution is 2.26. The van der Waals surface area contributed by atoms with E-state index in [0.717, 1.165) is 41.5 Å². The maximum atomic E-state index is 12.2. The number of amides is 1. The summed E-state index contributed by atoms with van der Waals surface area (Å²) in [4.78, 5) is 18.8. The first-order valence-corrected chi connectivity index (χ1v) is 8.37. The van der Waals surface area contributed by atoms with Crippen LogP contribution in [-0.4, -0.2) is 35.2 Å². The van der Waals surface area contributed by atoms with Crippen LogP contribution in [0, 0.1) is 13.8 Å². The molecule has 0 spiro atoms. The number of carbonyl (C=O) groups is 1. The van der Waals surface area contributed by atoms with Gasteiger partial charge in [-0.05, 0) is 26.7 Å². The molecule has 0 unspecified atom stereocenters. The van der Waals surface area contributed by atoms with Crippen LogP contribution in [0.15, 0.2) is 16.1 Å². The highest BCUT2D eigenvalue weighted by molar-refractivity contribution is 7.13. The standard InChI is InChI=1S/C15H20N4O2S/c1-10-13(11(2)21-18-10)8-14(20)17-9-12-4-3-6-19(12)15-16-5-7-22-15/h5,7,12H,3-4,6,8-9H2,1-2H3,(H,17,20)/t12-/m0/s1. The number of anilines is 1. The third kappa shape index (κ3) is 3.14. The number of hydrogen-bond acceptors (Lipinski definition) is 6. The third-order valence-electron chi connectivity index (χ3n) is 4.10. The second-order valence-electron chi connectivity index (χ2n) is 5.59. The van der Waals surface area contributed by atoms with Gasteiger partial charge in [0, 0.05) is 36.3 Å². The molecule has 1 amide bonds.